The van der Waals surface area contributed by atoms with E-state index in [1.807, 2.05) is 0 Å². The average Bonchev–Trinajstić information content (AvgIpc) is 2.75. The number of halogens is 2. The summed E-state index contributed by atoms with van der Waals surface area (Å²) in [6, 6.07) is 5.24. The van der Waals surface area contributed by atoms with Crippen molar-refractivity contribution in [2.45, 2.75) is 13.5 Å². The fourth-order valence-electron chi connectivity index (χ4n) is 1.72. The first kappa shape index (κ1) is 14.7. The lowest BCUT2D eigenvalue weighted by Crippen LogP contribution is -2.09. The van der Waals surface area contributed by atoms with Crippen molar-refractivity contribution >= 4 is 34.9 Å². The van der Waals surface area contributed by atoms with Crippen LogP contribution in [-0.4, -0.2) is 22.4 Å². The molecule has 20 heavy (non-hydrogen) atoms. The van der Waals surface area contributed by atoms with Crippen LogP contribution in [0.25, 0.3) is 0 Å². The van der Waals surface area contributed by atoms with Gasteiger partial charge in [-0.15, -0.1) is 0 Å². The number of hydrogen-bond acceptors (Lipinski definition) is 4. The standard InChI is InChI=1S/C13H13Cl2N3O2/c1-2-20-13(19)12-11(16)7-18(17-12)6-8-9(14)4-3-5-10(8)15/h3-5,7H,2,6,16H2,1H3. The van der Waals surface area contributed by atoms with Gasteiger partial charge in [-0.25, -0.2) is 4.79 Å². The highest BCUT2D eigenvalue weighted by Crippen LogP contribution is 2.25. The van der Waals surface area contributed by atoms with E-state index < -0.39 is 5.97 Å². The number of benzene rings is 1. The molecule has 0 bridgehead atoms. The molecule has 5 nitrogen and oxygen atoms in total. The molecule has 1 aromatic carbocycles. The Labute approximate surface area is 126 Å². The smallest absolute Gasteiger partial charge is 0.361 e. The molecule has 0 aliphatic carbocycles. The van der Waals surface area contributed by atoms with E-state index in [4.69, 9.17) is 33.7 Å². The molecule has 106 valence electrons. The van der Waals surface area contributed by atoms with Crippen LogP contribution in [0, 0.1) is 0 Å². The van der Waals surface area contributed by atoms with Crippen LogP contribution in [0.2, 0.25) is 10.0 Å². The Morgan fingerprint density at radius 1 is 1.40 bits per heavy atom. The van der Waals surface area contributed by atoms with Gasteiger partial charge in [0.05, 0.1) is 18.8 Å². The number of carbonyl (C=O) groups is 1. The summed E-state index contributed by atoms with van der Waals surface area (Å²) >= 11 is 12.2. The van der Waals surface area contributed by atoms with E-state index in [2.05, 4.69) is 5.10 Å². The second kappa shape index (κ2) is 6.15. The number of aromatic nitrogens is 2. The van der Waals surface area contributed by atoms with E-state index in [9.17, 15) is 4.79 Å². The highest BCUT2D eigenvalue weighted by atomic mass is 35.5. The Balaban J connectivity index is 2.27. The molecule has 1 aromatic heterocycles. The van der Waals surface area contributed by atoms with Gasteiger partial charge in [0.2, 0.25) is 0 Å². The van der Waals surface area contributed by atoms with Crippen molar-refractivity contribution in [3.63, 3.8) is 0 Å². The Kier molecular flexibility index (Phi) is 4.52. The van der Waals surface area contributed by atoms with Crippen LogP contribution in [0.3, 0.4) is 0 Å². The molecule has 0 saturated heterocycles. The van der Waals surface area contributed by atoms with Gasteiger partial charge in [-0.3, -0.25) is 4.68 Å². The zero-order valence-electron chi connectivity index (χ0n) is 10.8. The number of anilines is 1. The Morgan fingerprint density at radius 3 is 2.65 bits per heavy atom. The summed E-state index contributed by atoms with van der Waals surface area (Å²) in [4.78, 5) is 11.6. The third kappa shape index (κ3) is 3.05. The number of ether oxygens (including phenoxy) is 1. The third-order valence-electron chi connectivity index (χ3n) is 2.64. The zero-order chi connectivity index (χ0) is 14.7. The first-order valence-electron chi connectivity index (χ1n) is 5.95. The summed E-state index contributed by atoms with van der Waals surface area (Å²) in [6.07, 6.45) is 1.55. The molecule has 1 heterocycles. The molecule has 0 fully saturated rings. The normalized spacial score (nSPS) is 10.6. The minimum absolute atomic E-state index is 0.0926. The minimum atomic E-state index is -0.547. The molecule has 0 unspecified atom stereocenters. The van der Waals surface area contributed by atoms with Crippen LogP contribution >= 0.6 is 23.2 Å². The maximum absolute atomic E-state index is 11.6. The molecule has 7 heteroatoms. The summed E-state index contributed by atoms with van der Waals surface area (Å²) in [7, 11) is 0. The van der Waals surface area contributed by atoms with Crippen molar-refractivity contribution in [1.82, 2.24) is 9.78 Å². The Morgan fingerprint density at radius 2 is 2.05 bits per heavy atom. The molecule has 2 N–H and O–H groups in total. The lowest BCUT2D eigenvalue weighted by Gasteiger charge is -2.06. The second-order valence-corrected chi connectivity index (χ2v) is 4.87. The monoisotopic (exact) mass is 313 g/mol. The molecule has 0 aliphatic rings. The van der Waals surface area contributed by atoms with Gasteiger partial charge in [0.1, 0.15) is 0 Å². The summed E-state index contributed by atoms with van der Waals surface area (Å²) in [5, 5.41) is 5.17. The summed E-state index contributed by atoms with van der Waals surface area (Å²) in [5.41, 5.74) is 6.82. The fourth-order valence-corrected chi connectivity index (χ4v) is 2.24. The summed E-state index contributed by atoms with van der Waals surface area (Å²) in [5.74, 6) is -0.547. The maximum Gasteiger partial charge on any atom is 0.361 e. The van der Waals surface area contributed by atoms with Crippen LogP contribution in [-0.2, 0) is 11.3 Å². The Hall–Kier alpha value is -1.72. The highest BCUT2D eigenvalue weighted by Gasteiger charge is 2.17. The molecular formula is C13H13Cl2N3O2. The second-order valence-electron chi connectivity index (χ2n) is 4.05. The topological polar surface area (TPSA) is 70.1 Å². The van der Waals surface area contributed by atoms with Gasteiger partial charge in [-0.2, -0.15) is 5.10 Å². The minimum Gasteiger partial charge on any atom is -0.461 e. The number of nitrogen functional groups attached to an aromatic ring is 1. The molecule has 0 radical (unpaired) electrons. The van der Waals surface area contributed by atoms with E-state index in [0.717, 1.165) is 0 Å². The molecule has 0 spiro atoms. The van der Waals surface area contributed by atoms with E-state index in [1.165, 1.54) is 4.68 Å². The van der Waals surface area contributed by atoms with Gasteiger partial charge in [0, 0.05) is 21.8 Å². The molecular weight excluding hydrogens is 301 g/mol. The van der Waals surface area contributed by atoms with Gasteiger partial charge in [-0.1, -0.05) is 29.3 Å². The van der Waals surface area contributed by atoms with Gasteiger partial charge < -0.3 is 10.5 Å². The Bertz CT molecular complexity index is 620. The van der Waals surface area contributed by atoms with Crippen molar-refractivity contribution in [2.24, 2.45) is 0 Å². The quantitative estimate of drug-likeness (QED) is 0.881. The van der Waals surface area contributed by atoms with Gasteiger partial charge in [-0.05, 0) is 19.1 Å². The van der Waals surface area contributed by atoms with Crippen molar-refractivity contribution in [2.75, 3.05) is 12.3 Å². The molecule has 0 saturated carbocycles. The van der Waals surface area contributed by atoms with Crippen LogP contribution in [0.15, 0.2) is 24.4 Å². The lowest BCUT2D eigenvalue weighted by atomic mass is 10.2. The number of rotatable bonds is 4. The van der Waals surface area contributed by atoms with Crippen LogP contribution < -0.4 is 5.73 Å². The van der Waals surface area contributed by atoms with E-state index in [-0.39, 0.29) is 18.0 Å². The zero-order valence-corrected chi connectivity index (χ0v) is 12.3. The largest absolute Gasteiger partial charge is 0.461 e. The SMILES string of the molecule is CCOC(=O)c1nn(Cc2c(Cl)cccc2Cl)cc1N. The predicted octanol–water partition coefficient (Wildman–Crippen LogP) is 3.00. The molecule has 0 aliphatic heterocycles. The average molecular weight is 314 g/mol. The van der Waals surface area contributed by atoms with Gasteiger partial charge in [0.15, 0.2) is 5.69 Å². The first-order chi connectivity index (χ1) is 9.52. The van der Waals surface area contributed by atoms with Crippen LogP contribution in [0.5, 0.6) is 0 Å². The van der Waals surface area contributed by atoms with Crippen molar-refractivity contribution in [3.05, 3.63) is 45.7 Å². The van der Waals surface area contributed by atoms with Crippen LogP contribution in [0.1, 0.15) is 23.0 Å². The molecule has 0 atom stereocenters. The van der Waals surface area contributed by atoms with Gasteiger partial charge >= 0.3 is 5.97 Å². The maximum atomic E-state index is 11.6. The van der Waals surface area contributed by atoms with E-state index in [1.54, 1.807) is 31.3 Å². The van der Waals surface area contributed by atoms with Crippen molar-refractivity contribution < 1.29 is 9.53 Å². The highest BCUT2D eigenvalue weighted by molar-refractivity contribution is 6.35. The number of hydrogen-bond donors (Lipinski definition) is 1. The van der Waals surface area contributed by atoms with E-state index >= 15 is 0 Å². The number of nitrogens with two attached hydrogens (primary N) is 1. The first-order valence-corrected chi connectivity index (χ1v) is 6.71. The number of nitrogens with zero attached hydrogens (tertiary/aromatic N) is 2. The molecule has 0 amide bonds. The van der Waals surface area contributed by atoms with Crippen molar-refractivity contribution in [1.29, 1.82) is 0 Å². The summed E-state index contributed by atoms with van der Waals surface area (Å²) in [6.45, 7) is 2.30. The predicted molar refractivity (Wildman–Crippen MR) is 78.2 cm³/mol. The third-order valence-corrected chi connectivity index (χ3v) is 3.35. The number of esters is 1. The molecule has 2 aromatic rings. The number of carbonyl (C=O) groups excluding carboxylic acids is 1. The van der Waals surface area contributed by atoms with Crippen molar-refractivity contribution in [3.8, 4) is 0 Å². The van der Waals surface area contributed by atoms with E-state index in [0.29, 0.717) is 22.2 Å². The molecule has 2 rings (SSSR count). The lowest BCUT2D eigenvalue weighted by molar-refractivity contribution is 0.0519. The van der Waals surface area contributed by atoms with Gasteiger partial charge in [0.25, 0.3) is 0 Å². The summed E-state index contributed by atoms with van der Waals surface area (Å²) < 4.78 is 6.38. The fraction of sp³-hybridized carbons (Fsp3) is 0.231. The van der Waals surface area contributed by atoms with Crippen LogP contribution in [0.4, 0.5) is 5.69 Å².